The minimum atomic E-state index is -2.95. The number of nitrogens with one attached hydrogen (secondary N) is 1. The summed E-state index contributed by atoms with van der Waals surface area (Å²) < 4.78 is 33.9. The predicted molar refractivity (Wildman–Crippen MR) is 110 cm³/mol. The molecule has 3 rings (SSSR count). The van der Waals surface area contributed by atoms with Gasteiger partial charge in [0, 0.05) is 16.7 Å². The van der Waals surface area contributed by atoms with E-state index in [-0.39, 0.29) is 22.7 Å². The van der Waals surface area contributed by atoms with E-state index < -0.39 is 9.84 Å². The molecule has 0 unspecified atom stereocenters. The number of sulfone groups is 1. The second-order valence-corrected chi connectivity index (χ2v) is 10.1. The molecule has 1 saturated heterocycles. The summed E-state index contributed by atoms with van der Waals surface area (Å²) in [4.78, 5) is 13.5. The van der Waals surface area contributed by atoms with Crippen molar-refractivity contribution in [1.82, 2.24) is 5.32 Å². The van der Waals surface area contributed by atoms with E-state index in [0.717, 1.165) is 10.5 Å². The molecule has 6 nitrogen and oxygen atoms in total. The second kappa shape index (κ2) is 8.87. The summed E-state index contributed by atoms with van der Waals surface area (Å²) in [5, 5.41) is 2.91. The van der Waals surface area contributed by atoms with Crippen LogP contribution in [-0.2, 0) is 16.4 Å². The predicted octanol–water partition coefficient (Wildman–Crippen LogP) is 2.91. The van der Waals surface area contributed by atoms with Gasteiger partial charge >= 0.3 is 0 Å². The molecule has 2 aromatic carbocycles. The van der Waals surface area contributed by atoms with Gasteiger partial charge in [-0.3, -0.25) is 4.79 Å². The Kier molecular flexibility index (Phi) is 6.51. The molecule has 28 heavy (non-hydrogen) atoms. The molecule has 1 amide bonds. The standard InChI is InChI=1S/C20H23NO5S2/c1-25-17-8-7-14(11-18(17)26-2)12-21-20(22)16-5-3-4-6-19(16)27-15-9-10-28(23,24)13-15/h3-8,11,15H,9-10,12-13H2,1-2H3,(H,21,22)/t15-/m0/s1. The van der Waals surface area contributed by atoms with E-state index in [2.05, 4.69) is 5.32 Å². The van der Waals surface area contributed by atoms with Gasteiger partial charge in [0.05, 0.1) is 31.3 Å². The van der Waals surface area contributed by atoms with Gasteiger partial charge in [-0.05, 0) is 36.2 Å². The Bertz CT molecular complexity index is 959. The Hall–Kier alpha value is -2.19. The summed E-state index contributed by atoms with van der Waals surface area (Å²) in [6, 6.07) is 12.8. The molecule has 0 spiro atoms. The van der Waals surface area contributed by atoms with Crippen LogP contribution >= 0.6 is 11.8 Å². The molecule has 0 aliphatic carbocycles. The van der Waals surface area contributed by atoms with Crippen LogP contribution in [0.1, 0.15) is 22.3 Å². The maximum Gasteiger partial charge on any atom is 0.252 e. The third-order valence-corrected chi connectivity index (χ3v) is 7.84. The lowest BCUT2D eigenvalue weighted by Gasteiger charge is -2.13. The lowest BCUT2D eigenvalue weighted by Crippen LogP contribution is -2.23. The van der Waals surface area contributed by atoms with Gasteiger partial charge in [0.2, 0.25) is 0 Å². The third kappa shape index (κ3) is 4.99. The van der Waals surface area contributed by atoms with E-state index >= 15 is 0 Å². The van der Waals surface area contributed by atoms with Crippen LogP contribution in [0.4, 0.5) is 0 Å². The Balaban J connectivity index is 1.68. The van der Waals surface area contributed by atoms with Gasteiger partial charge in [0.15, 0.2) is 21.3 Å². The lowest BCUT2D eigenvalue weighted by molar-refractivity contribution is 0.0948. The zero-order valence-electron chi connectivity index (χ0n) is 15.8. The van der Waals surface area contributed by atoms with Crippen LogP contribution in [0.2, 0.25) is 0 Å². The van der Waals surface area contributed by atoms with Crippen LogP contribution in [0.3, 0.4) is 0 Å². The van der Waals surface area contributed by atoms with Gasteiger partial charge in [-0.25, -0.2) is 8.42 Å². The van der Waals surface area contributed by atoms with Crippen molar-refractivity contribution in [2.75, 3.05) is 25.7 Å². The monoisotopic (exact) mass is 421 g/mol. The molecule has 0 aromatic heterocycles. The summed E-state index contributed by atoms with van der Waals surface area (Å²) in [7, 11) is 0.188. The van der Waals surface area contributed by atoms with Crippen LogP contribution in [0.15, 0.2) is 47.4 Å². The summed E-state index contributed by atoms with van der Waals surface area (Å²) in [5.74, 6) is 1.43. The van der Waals surface area contributed by atoms with E-state index in [4.69, 9.17) is 9.47 Å². The Morgan fingerprint density at radius 3 is 2.57 bits per heavy atom. The second-order valence-electron chi connectivity index (χ2n) is 6.51. The summed E-state index contributed by atoms with van der Waals surface area (Å²) in [6.07, 6.45) is 0.620. The van der Waals surface area contributed by atoms with Crippen molar-refractivity contribution in [3.8, 4) is 11.5 Å². The SMILES string of the molecule is COc1ccc(CNC(=O)c2ccccc2S[C@H]2CCS(=O)(=O)C2)cc1OC. The molecule has 8 heteroatoms. The third-order valence-electron chi connectivity index (χ3n) is 4.52. The van der Waals surface area contributed by atoms with Crippen molar-refractivity contribution < 1.29 is 22.7 Å². The Morgan fingerprint density at radius 1 is 1.14 bits per heavy atom. The number of carbonyl (C=O) groups excluding carboxylic acids is 1. The highest BCUT2D eigenvalue weighted by molar-refractivity contribution is 8.02. The van der Waals surface area contributed by atoms with E-state index in [1.165, 1.54) is 11.8 Å². The fourth-order valence-corrected chi connectivity index (χ4v) is 6.69. The fourth-order valence-electron chi connectivity index (χ4n) is 3.06. The lowest BCUT2D eigenvalue weighted by atomic mass is 10.1. The number of rotatable bonds is 7. The van der Waals surface area contributed by atoms with Crippen LogP contribution in [0, 0.1) is 0 Å². The van der Waals surface area contributed by atoms with Crippen molar-refractivity contribution in [1.29, 1.82) is 0 Å². The molecular formula is C20H23NO5S2. The number of thioether (sulfide) groups is 1. The highest BCUT2D eigenvalue weighted by atomic mass is 32.2. The van der Waals surface area contributed by atoms with Gasteiger partial charge in [-0.2, -0.15) is 0 Å². The average molecular weight is 422 g/mol. The van der Waals surface area contributed by atoms with Crippen LogP contribution in [0.25, 0.3) is 0 Å². The molecule has 1 N–H and O–H groups in total. The molecule has 1 aliphatic heterocycles. The van der Waals surface area contributed by atoms with Crippen molar-refractivity contribution in [2.24, 2.45) is 0 Å². The van der Waals surface area contributed by atoms with E-state index in [1.807, 2.05) is 24.3 Å². The summed E-state index contributed by atoms with van der Waals surface area (Å²) >= 11 is 1.46. The topological polar surface area (TPSA) is 81.7 Å². The molecule has 1 aliphatic rings. The first-order valence-electron chi connectivity index (χ1n) is 8.87. The fraction of sp³-hybridized carbons (Fsp3) is 0.350. The first-order valence-corrected chi connectivity index (χ1v) is 11.6. The maximum absolute atomic E-state index is 12.7. The minimum Gasteiger partial charge on any atom is -0.493 e. The van der Waals surface area contributed by atoms with E-state index in [0.29, 0.717) is 30.0 Å². The van der Waals surface area contributed by atoms with Gasteiger partial charge < -0.3 is 14.8 Å². The molecule has 0 saturated carbocycles. The van der Waals surface area contributed by atoms with Crippen LogP contribution < -0.4 is 14.8 Å². The highest BCUT2D eigenvalue weighted by Crippen LogP contribution is 2.33. The first kappa shape index (κ1) is 20.5. The molecule has 0 radical (unpaired) electrons. The van der Waals surface area contributed by atoms with Crippen LogP contribution in [-0.4, -0.2) is 45.3 Å². The minimum absolute atomic E-state index is 0.00945. The Labute approximate surface area is 169 Å². The number of ether oxygens (including phenoxy) is 2. The van der Waals surface area contributed by atoms with Crippen molar-refractivity contribution in [3.05, 3.63) is 53.6 Å². The smallest absolute Gasteiger partial charge is 0.252 e. The van der Waals surface area contributed by atoms with Gasteiger partial charge in [-0.1, -0.05) is 18.2 Å². The van der Waals surface area contributed by atoms with E-state index in [9.17, 15) is 13.2 Å². The largest absolute Gasteiger partial charge is 0.493 e. The molecule has 1 heterocycles. The molecular weight excluding hydrogens is 398 g/mol. The quantitative estimate of drug-likeness (QED) is 0.740. The zero-order chi connectivity index (χ0) is 20.1. The summed E-state index contributed by atoms with van der Waals surface area (Å²) in [6.45, 7) is 0.343. The van der Waals surface area contributed by atoms with Crippen molar-refractivity contribution in [2.45, 2.75) is 23.1 Å². The molecule has 0 bridgehead atoms. The maximum atomic E-state index is 12.7. The highest BCUT2D eigenvalue weighted by Gasteiger charge is 2.29. The number of methoxy groups -OCH3 is 2. The molecule has 150 valence electrons. The number of amides is 1. The summed E-state index contributed by atoms with van der Waals surface area (Å²) in [5.41, 5.74) is 1.44. The molecule has 2 aromatic rings. The normalized spacial score (nSPS) is 17.9. The number of carbonyl (C=O) groups is 1. The molecule has 1 fully saturated rings. The van der Waals surface area contributed by atoms with Gasteiger partial charge in [-0.15, -0.1) is 11.8 Å². The number of hydrogen-bond donors (Lipinski definition) is 1. The van der Waals surface area contributed by atoms with Crippen LogP contribution in [0.5, 0.6) is 11.5 Å². The molecule has 1 atom stereocenters. The van der Waals surface area contributed by atoms with Crippen molar-refractivity contribution >= 4 is 27.5 Å². The number of benzene rings is 2. The zero-order valence-corrected chi connectivity index (χ0v) is 17.4. The average Bonchev–Trinajstić information content (AvgIpc) is 3.04. The van der Waals surface area contributed by atoms with Gasteiger partial charge in [0.25, 0.3) is 5.91 Å². The number of hydrogen-bond acceptors (Lipinski definition) is 6. The van der Waals surface area contributed by atoms with Crippen molar-refractivity contribution in [3.63, 3.8) is 0 Å². The van der Waals surface area contributed by atoms with E-state index in [1.54, 1.807) is 32.4 Å². The van der Waals surface area contributed by atoms with Gasteiger partial charge in [0.1, 0.15) is 0 Å². The Morgan fingerprint density at radius 2 is 1.89 bits per heavy atom. The first-order chi connectivity index (χ1) is 13.4.